The minimum atomic E-state index is -0.731. The van der Waals surface area contributed by atoms with Gasteiger partial charge in [0, 0.05) is 0 Å². The Morgan fingerprint density at radius 2 is 2.20 bits per heavy atom. The molecular formula is C7H11NOS. The maximum Gasteiger partial charge on any atom is 0.0950 e. The molecule has 0 amide bonds. The lowest BCUT2D eigenvalue weighted by Gasteiger charge is -2.14. The molecule has 0 radical (unpaired) electrons. The van der Waals surface area contributed by atoms with Gasteiger partial charge in [-0.05, 0) is 20.8 Å². The van der Waals surface area contributed by atoms with Gasteiger partial charge >= 0.3 is 0 Å². The van der Waals surface area contributed by atoms with Crippen LogP contribution in [0.15, 0.2) is 5.51 Å². The molecule has 0 fully saturated rings. The van der Waals surface area contributed by atoms with E-state index in [1.165, 1.54) is 11.3 Å². The van der Waals surface area contributed by atoms with Crippen LogP contribution < -0.4 is 0 Å². The van der Waals surface area contributed by atoms with E-state index in [0.717, 1.165) is 10.6 Å². The standard InChI is InChI=1S/C7H11NOS/c1-5-6(7(2,3)9)10-4-8-5/h4,9H,1-3H3. The van der Waals surface area contributed by atoms with Crippen molar-refractivity contribution in [1.29, 1.82) is 0 Å². The number of aryl methyl sites for hydroxylation is 1. The predicted octanol–water partition coefficient (Wildman–Crippen LogP) is 1.68. The fraction of sp³-hybridized carbons (Fsp3) is 0.571. The van der Waals surface area contributed by atoms with E-state index in [-0.39, 0.29) is 0 Å². The van der Waals surface area contributed by atoms with Gasteiger partial charge in [-0.15, -0.1) is 11.3 Å². The smallest absolute Gasteiger partial charge is 0.0950 e. The van der Waals surface area contributed by atoms with Crippen molar-refractivity contribution in [3.05, 3.63) is 16.1 Å². The first-order valence-electron chi connectivity index (χ1n) is 3.15. The zero-order valence-corrected chi connectivity index (χ0v) is 7.20. The SMILES string of the molecule is Cc1ncsc1C(C)(C)O. The average Bonchev–Trinajstić information content (AvgIpc) is 2.11. The van der Waals surface area contributed by atoms with Crippen LogP contribution in [0.1, 0.15) is 24.4 Å². The van der Waals surface area contributed by atoms with E-state index in [1.54, 1.807) is 19.4 Å². The molecule has 1 aromatic heterocycles. The molecule has 0 unspecified atom stereocenters. The van der Waals surface area contributed by atoms with E-state index in [2.05, 4.69) is 4.98 Å². The Morgan fingerprint density at radius 1 is 1.60 bits per heavy atom. The molecule has 56 valence electrons. The van der Waals surface area contributed by atoms with Crippen molar-refractivity contribution in [2.75, 3.05) is 0 Å². The number of aromatic nitrogens is 1. The van der Waals surface area contributed by atoms with Crippen molar-refractivity contribution >= 4 is 11.3 Å². The lowest BCUT2D eigenvalue weighted by Crippen LogP contribution is -2.14. The Morgan fingerprint density at radius 3 is 2.40 bits per heavy atom. The molecule has 0 aromatic carbocycles. The van der Waals surface area contributed by atoms with Crippen LogP contribution in [-0.2, 0) is 5.60 Å². The van der Waals surface area contributed by atoms with E-state index in [1.807, 2.05) is 6.92 Å². The molecule has 0 atom stereocenters. The fourth-order valence-corrected chi connectivity index (χ4v) is 1.72. The zero-order valence-electron chi connectivity index (χ0n) is 6.38. The van der Waals surface area contributed by atoms with E-state index < -0.39 is 5.60 Å². The lowest BCUT2D eigenvalue weighted by atomic mass is 10.1. The monoisotopic (exact) mass is 157 g/mol. The number of nitrogens with zero attached hydrogens (tertiary/aromatic N) is 1. The number of aliphatic hydroxyl groups is 1. The molecule has 10 heavy (non-hydrogen) atoms. The summed E-state index contributed by atoms with van der Waals surface area (Å²) >= 11 is 1.50. The molecule has 2 nitrogen and oxygen atoms in total. The second-order valence-corrected chi connectivity index (χ2v) is 3.68. The van der Waals surface area contributed by atoms with E-state index in [0.29, 0.717) is 0 Å². The molecular weight excluding hydrogens is 146 g/mol. The molecule has 1 heterocycles. The third kappa shape index (κ3) is 1.36. The minimum absolute atomic E-state index is 0.731. The highest BCUT2D eigenvalue weighted by Crippen LogP contribution is 2.26. The van der Waals surface area contributed by atoms with E-state index >= 15 is 0 Å². The molecule has 0 bridgehead atoms. The third-order valence-electron chi connectivity index (χ3n) is 1.30. The Balaban J connectivity index is 3.05. The van der Waals surface area contributed by atoms with Crippen molar-refractivity contribution in [2.24, 2.45) is 0 Å². The van der Waals surface area contributed by atoms with Crippen molar-refractivity contribution in [3.8, 4) is 0 Å². The number of hydrogen-bond donors (Lipinski definition) is 1. The average molecular weight is 157 g/mol. The fourth-order valence-electron chi connectivity index (χ4n) is 0.889. The van der Waals surface area contributed by atoms with E-state index in [9.17, 15) is 5.11 Å². The predicted molar refractivity (Wildman–Crippen MR) is 42.1 cm³/mol. The van der Waals surface area contributed by atoms with Crippen LogP contribution >= 0.6 is 11.3 Å². The maximum atomic E-state index is 9.53. The highest BCUT2D eigenvalue weighted by Gasteiger charge is 2.20. The normalized spacial score (nSPS) is 12.0. The zero-order chi connectivity index (χ0) is 7.78. The van der Waals surface area contributed by atoms with Gasteiger partial charge in [0.05, 0.1) is 21.7 Å². The van der Waals surface area contributed by atoms with Gasteiger partial charge < -0.3 is 5.11 Å². The van der Waals surface area contributed by atoms with Gasteiger partial charge in [0.1, 0.15) is 0 Å². The highest BCUT2D eigenvalue weighted by atomic mass is 32.1. The van der Waals surface area contributed by atoms with Crippen molar-refractivity contribution in [3.63, 3.8) is 0 Å². The van der Waals surface area contributed by atoms with Gasteiger partial charge in [-0.25, -0.2) is 4.98 Å². The van der Waals surface area contributed by atoms with Crippen LogP contribution in [0.5, 0.6) is 0 Å². The molecule has 0 aliphatic rings. The van der Waals surface area contributed by atoms with Crippen molar-refractivity contribution in [1.82, 2.24) is 4.98 Å². The largest absolute Gasteiger partial charge is 0.385 e. The van der Waals surface area contributed by atoms with Gasteiger partial charge in [-0.2, -0.15) is 0 Å². The minimum Gasteiger partial charge on any atom is -0.385 e. The summed E-state index contributed by atoms with van der Waals surface area (Å²) in [5.41, 5.74) is 1.95. The molecule has 1 N–H and O–H groups in total. The number of rotatable bonds is 1. The topological polar surface area (TPSA) is 33.1 Å². The molecule has 3 heteroatoms. The molecule has 1 rings (SSSR count). The number of thiazole rings is 1. The van der Waals surface area contributed by atoms with Crippen molar-refractivity contribution < 1.29 is 5.11 Å². The first kappa shape index (κ1) is 7.69. The van der Waals surface area contributed by atoms with Gasteiger partial charge in [0.2, 0.25) is 0 Å². The van der Waals surface area contributed by atoms with Gasteiger partial charge in [0.15, 0.2) is 0 Å². The molecule has 0 aliphatic carbocycles. The second kappa shape index (κ2) is 2.32. The van der Waals surface area contributed by atoms with Crippen LogP contribution in [0.4, 0.5) is 0 Å². The van der Waals surface area contributed by atoms with Gasteiger partial charge in [-0.3, -0.25) is 0 Å². The Bertz CT molecular complexity index is 224. The Labute approximate surface area is 64.5 Å². The van der Waals surface area contributed by atoms with Crippen LogP contribution in [0.2, 0.25) is 0 Å². The molecule has 0 saturated heterocycles. The van der Waals surface area contributed by atoms with Crippen molar-refractivity contribution in [2.45, 2.75) is 26.4 Å². The summed E-state index contributed by atoms with van der Waals surface area (Å²) in [4.78, 5) is 4.99. The van der Waals surface area contributed by atoms with E-state index in [4.69, 9.17) is 0 Å². The summed E-state index contributed by atoms with van der Waals surface area (Å²) in [6.07, 6.45) is 0. The second-order valence-electron chi connectivity index (χ2n) is 2.83. The highest BCUT2D eigenvalue weighted by molar-refractivity contribution is 7.09. The third-order valence-corrected chi connectivity index (χ3v) is 2.54. The van der Waals surface area contributed by atoms with Crippen LogP contribution in [-0.4, -0.2) is 10.1 Å². The van der Waals surface area contributed by atoms with Crippen LogP contribution in [0.25, 0.3) is 0 Å². The van der Waals surface area contributed by atoms with Crippen LogP contribution in [0, 0.1) is 6.92 Å². The molecule has 0 spiro atoms. The summed E-state index contributed by atoms with van der Waals surface area (Å²) in [5, 5.41) is 9.53. The first-order valence-corrected chi connectivity index (χ1v) is 4.02. The van der Waals surface area contributed by atoms with Gasteiger partial charge in [0.25, 0.3) is 0 Å². The summed E-state index contributed by atoms with van der Waals surface area (Å²) in [6, 6.07) is 0. The summed E-state index contributed by atoms with van der Waals surface area (Å²) in [5.74, 6) is 0. The molecule has 1 aromatic rings. The quantitative estimate of drug-likeness (QED) is 0.672. The van der Waals surface area contributed by atoms with Gasteiger partial charge in [-0.1, -0.05) is 0 Å². The Kier molecular flexibility index (Phi) is 1.79. The summed E-state index contributed by atoms with van der Waals surface area (Å²) in [7, 11) is 0. The summed E-state index contributed by atoms with van der Waals surface area (Å²) < 4.78 is 0. The lowest BCUT2D eigenvalue weighted by molar-refractivity contribution is 0.0817. The maximum absolute atomic E-state index is 9.53. The molecule has 0 saturated carbocycles. The van der Waals surface area contributed by atoms with Crippen LogP contribution in [0.3, 0.4) is 0 Å². The summed E-state index contributed by atoms with van der Waals surface area (Å²) in [6.45, 7) is 5.45. The first-order chi connectivity index (χ1) is 4.52. The Hall–Kier alpha value is -0.410. The molecule has 0 aliphatic heterocycles. The number of hydrogen-bond acceptors (Lipinski definition) is 3.